The molecule has 21 heavy (non-hydrogen) atoms. The molecule has 0 aliphatic rings. The van der Waals surface area contributed by atoms with Crippen molar-refractivity contribution in [1.82, 2.24) is 9.97 Å². The van der Waals surface area contributed by atoms with Gasteiger partial charge in [-0.15, -0.1) is 0 Å². The fraction of sp³-hybridized carbons (Fsp3) is 0.529. The van der Waals surface area contributed by atoms with Gasteiger partial charge in [0, 0.05) is 19.1 Å². The van der Waals surface area contributed by atoms with E-state index in [4.69, 9.17) is 10.5 Å². The number of hydrogen-bond acceptors (Lipinski definition) is 4. The largest absolute Gasteiger partial charge is 0.385 e. The van der Waals surface area contributed by atoms with E-state index in [-0.39, 0.29) is 0 Å². The first-order valence-corrected chi connectivity index (χ1v) is 7.81. The number of unbranched alkanes of at least 4 members (excludes halogenated alkanes) is 5. The van der Waals surface area contributed by atoms with E-state index in [1.807, 2.05) is 18.2 Å². The van der Waals surface area contributed by atoms with Gasteiger partial charge in [-0.2, -0.15) is 0 Å². The van der Waals surface area contributed by atoms with Gasteiger partial charge >= 0.3 is 0 Å². The minimum atomic E-state index is 0.378. The van der Waals surface area contributed by atoms with E-state index >= 15 is 0 Å². The first-order chi connectivity index (χ1) is 10.3. The van der Waals surface area contributed by atoms with Gasteiger partial charge in [0.15, 0.2) is 0 Å². The molecule has 2 rings (SSSR count). The summed E-state index contributed by atoms with van der Waals surface area (Å²) in [6.45, 7) is 0.881. The quantitative estimate of drug-likeness (QED) is 0.714. The van der Waals surface area contributed by atoms with Crippen LogP contribution in [0.2, 0.25) is 0 Å². The second kappa shape index (κ2) is 8.57. The SMILES string of the molecule is COCCCCCCCCc1nc(N)nc2ccccc12. The molecule has 0 atom stereocenters. The molecule has 1 aromatic heterocycles. The van der Waals surface area contributed by atoms with Crippen LogP contribution < -0.4 is 5.73 Å². The first-order valence-electron chi connectivity index (χ1n) is 7.81. The van der Waals surface area contributed by atoms with Crippen molar-refractivity contribution >= 4 is 16.9 Å². The lowest BCUT2D eigenvalue weighted by atomic mass is 10.1. The molecule has 0 unspecified atom stereocenters. The average Bonchev–Trinajstić information content (AvgIpc) is 2.49. The summed E-state index contributed by atoms with van der Waals surface area (Å²) in [6, 6.07) is 8.08. The molecule has 0 radical (unpaired) electrons. The van der Waals surface area contributed by atoms with Crippen molar-refractivity contribution in [2.75, 3.05) is 19.5 Å². The maximum absolute atomic E-state index is 5.79. The standard InChI is InChI=1S/C17H25N3O/c1-21-13-9-5-3-2-4-6-11-15-14-10-7-8-12-16(14)20-17(18)19-15/h7-8,10,12H,2-6,9,11,13H2,1H3,(H2,18,19,20). The molecule has 0 bridgehead atoms. The van der Waals surface area contributed by atoms with Gasteiger partial charge in [0.1, 0.15) is 0 Å². The Bertz CT molecular complexity index is 557. The van der Waals surface area contributed by atoms with Crippen molar-refractivity contribution in [1.29, 1.82) is 0 Å². The highest BCUT2D eigenvalue weighted by Gasteiger charge is 2.05. The van der Waals surface area contributed by atoms with Crippen LogP contribution in [0.25, 0.3) is 10.9 Å². The number of nitrogens with zero attached hydrogens (tertiary/aromatic N) is 2. The zero-order chi connectivity index (χ0) is 14.9. The number of nitrogens with two attached hydrogens (primary N) is 1. The zero-order valence-electron chi connectivity index (χ0n) is 12.8. The average molecular weight is 287 g/mol. The van der Waals surface area contributed by atoms with Gasteiger partial charge in [-0.3, -0.25) is 0 Å². The summed E-state index contributed by atoms with van der Waals surface area (Å²) >= 11 is 0. The summed E-state index contributed by atoms with van der Waals surface area (Å²) in [5.74, 6) is 0.378. The number of aromatic nitrogens is 2. The van der Waals surface area contributed by atoms with Crippen LogP contribution in [0, 0.1) is 0 Å². The minimum absolute atomic E-state index is 0.378. The Morgan fingerprint density at radius 3 is 2.48 bits per heavy atom. The van der Waals surface area contributed by atoms with E-state index in [1.165, 1.54) is 32.1 Å². The Labute approximate surface area is 126 Å². The van der Waals surface area contributed by atoms with Crippen LogP contribution in [0.1, 0.15) is 44.2 Å². The number of anilines is 1. The molecular weight excluding hydrogens is 262 g/mol. The topological polar surface area (TPSA) is 61.0 Å². The van der Waals surface area contributed by atoms with Gasteiger partial charge in [-0.25, -0.2) is 9.97 Å². The van der Waals surface area contributed by atoms with Crippen LogP contribution in [-0.2, 0) is 11.2 Å². The number of para-hydroxylation sites is 1. The molecule has 1 heterocycles. The molecule has 114 valence electrons. The van der Waals surface area contributed by atoms with Gasteiger partial charge in [0.2, 0.25) is 5.95 Å². The number of rotatable bonds is 9. The van der Waals surface area contributed by atoms with E-state index in [0.717, 1.165) is 36.0 Å². The Kier molecular flexibility index (Phi) is 6.41. The molecule has 0 amide bonds. The molecule has 4 heteroatoms. The molecular formula is C17H25N3O. The Balaban J connectivity index is 1.78. The maximum atomic E-state index is 5.79. The second-order valence-corrected chi connectivity index (χ2v) is 5.41. The molecule has 0 aliphatic carbocycles. The Morgan fingerprint density at radius 1 is 0.952 bits per heavy atom. The normalized spacial score (nSPS) is 11.1. The highest BCUT2D eigenvalue weighted by Crippen LogP contribution is 2.18. The minimum Gasteiger partial charge on any atom is -0.385 e. The molecule has 1 aromatic carbocycles. The molecule has 0 saturated heterocycles. The van der Waals surface area contributed by atoms with Gasteiger partial charge in [-0.1, -0.05) is 43.9 Å². The summed E-state index contributed by atoms with van der Waals surface area (Å²) in [6.07, 6.45) is 8.38. The lowest BCUT2D eigenvalue weighted by Gasteiger charge is -2.06. The molecule has 2 aromatic rings. The van der Waals surface area contributed by atoms with Crippen molar-refractivity contribution in [3.05, 3.63) is 30.0 Å². The third kappa shape index (κ3) is 4.97. The number of nitrogen functional groups attached to an aromatic ring is 1. The fourth-order valence-corrected chi connectivity index (χ4v) is 2.60. The Hall–Kier alpha value is -1.68. The lowest BCUT2D eigenvalue weighted by Crippen LogP contribution is -2.01. The molecule has 4 nitrogen and oxygen atoms in total. The van der Waals surface area contributed by atoms with E-state index in [1.54, 1.807) is 7.11 Å². The molecule has 2 N–H and O–H groups in total. The summed E-state index contributed by atoms with van der Waals surface area (Å²) in [4.78, 5) is 8.69. The van der Waals surface area contributed by atoms with E-state index in [0.29, 0.717) is 5.95 Å². The van der Waals surface area contributed by atoms with Gasteiger partial charge in [0.05, 0.1) is 11.2 Å². The van der Waals surface area contributed by atoms with Crippen LogP contribution in [-0.4, -0.2) is 23.7 Å². The lowest BCUT2D eigenvalue weighted by molar-refractivity contribution is 0.192. The smallest absolute Gasteiger partial charge is 0.220 e. The zero-order valence-corrected chi connectivity index (χ0v) is 12.8. The highest BCUT2D eigenvalue weighted by molar-refractivity contribution is 5.81. The molecule has 0 fully saturated rings. The van der Waals surface area contributed by atoms with E-state index in [9.17, 15) is 0 Å². The summed E-state index contributed by atoms with van der Waals surface area (Å²) in [5, 5.41) is 1.13. The van der Waals surface area contributed by atoms with Crippen molar-refractivity contribution in [3.63, 3.8) is 0 Å². The number of hydrogen-bond donors (Lipinski definition) is 1. The van der Waals surface area contributed by atoms with Gasteiger partial charge in [0.25, 0.3) is 0 Å². The van der Waals surface area contributed by atoms with Crippen LogP contribution in [0.5, 0.6) is 0 Å². The molecule has 0 spiro atoms. The van der Waals surface area contributed by atoms with Gasteiger partial charge in [-0.05, 0) is 25.3 Å². The maximum Gasteiger partial charge on any atom is 0.220 e. The summed E-state index contributed by atoms with van der Waals surface area (Å²) in [5.41, 5.74) is 7.81. The van der Waals surface area contributed by atoms with Crippen molar-refractivity contribution < 1.29 is 4.74 Å². The fourth-order valence-electron chi connectivity index (χ4n) is 2.60. The van der Waals surface area contributed by atoms with Crippen molar-refractivity contribution in [2.24, 2.45) is 0 Å². The molecule has 0 saturated carbocycles. The van der Waals surface area contributed by atoms with Crippen LogP contribution >= 0.6 is 0 Å². The monoisotopic (exact) mass is 287 g/mol. The van der Waals surface area contributed by atoms with Crippen LogP contribution in [0.3, 0.4) is 0 Å². The number of ether oxygens (including phenoxy) is 1. The predicted octanol–water partition coefficient (Wildman–Crippen LogP) is 3.74. The number of benzene rings is 1. The van der Waals surface area contributed by atoms with Crippen LogP contribution in [0.15, 0.2) is 24.3 Å². The van der Waals surface area contributed by atoms with Crippen molar-refractivity contribution in [2.45, 2.75) is 44.9 Å². The van der Waals surface area contributed by atoms with E-state index < -0.39 is 0 Å². The predicted molar refractivity (Wildman–Crippen MR) is 87.2 cm³/mol. The number of methoxy groups -OCH3 is 1. The third-order valence-electron chi connectivity index (χ3n) is 3.71. The van der Waals surface area contributed by atoms with Crippen LogP contribution in [0.4, 0.5) is 5.95 Å². The molecule has 0 aliphatic heterocycles. The highest BCUT2D eigenvalue weighted by atomic mass is 16.5. The first kappa shape index (κ1) is 15.7. The third-order valence-corrected chi connectivity index (χ3v) is 3.71. The Morgan fingerprint density at radius 2 is 1.67 bits per heavy atom. The number of aryl methyl sites for hydroxylation is 1. The second-order valence-electron chi connectivity index (χ2n) is 5.41. The summed E-state index contributed by atoms with van der Waals surface area (Å²) in [7, 11) is 1.76. The van der Waals surface area contributed by atoms with Gasteiger partial charge < -0.3 is 10.5 Å². The summed E-state index contributed by atoms with van der Waals surface area (Å²) < 4.78 is 5.05. The van der Waals surface area contributed by atoms with Crippen molar-refractivity contribution in [3.8, 4) is 0 Å². The van der Waals surface area contributed by atoms with E-state index in [2.05, 4.69) is 16.0 Å². The number of fused-ring (bicyclic) bond motifs is 1.